The molecule has 0 saturated carbocycles. The van der Waals surface area contributed by atoms with Crippen LogP contribution in [0, 0.1) is 5.92 Å². The summed E-state index contributed by atoms with van der Waals surface area (Å²) in [4.78, 5) is 13.5. The van der Waals surface area contributed by atoms with Gasteiger partial charge in [-0.1, -0.05) is 27.7 Å². The van der Waals surface area contributed by atoms with Crippen molar-refractivity contribution in [3.8, 4) is 0 Å². The first-order valence-electron chi connectivity index (χ1n) is 4.79. The van der Waals surface area contributed by atoms with Crippen LogP contribution < -0.4 is 0 Å². The van der Waals surface area contributed by atoms with Gasteiger partial charge in [0.15, 0.2) is 0 Å². The SMILES string of the molecule is CCN(CC)C(C(C)=O)C(C)C. The van der Waals surface area contributed by atoms with Crippen molar-refractivity contribution in [2.45, 2.75) is 40.7 Å². The maximum atomic E-state index is 11.3. The molecule has 1 atom stereocenters. The molecule has 0 aromatic heterocycles. The molecule has 0 aromatic rings. The summed E-state index contributed by atoms with van der Waals surface area (Å²) in [7, 11) is 0. The van der Waals surface area contributed by atoms with Crippen LogP contribution in [0.3, 0.4) is 0 Å². The van der Waals surface area contributed by atoms with Gasteiger partial charge in [0.25, 0.3) is 0 Å². The van der Waals surface area contributed by atoms with Gasteiger partial charge in [-0.25, -0.2) is 0 Å². The number of carbonyl (C=O) groups excluding carboxylic acids is 1. The second-order valence-electron chi connectivity index (χ2n) is 3.52. The summed E-state index contributed by atoms with van der Waals surface area (Å²) in [6, 6.07) is 0.111. The molecule has 0 heterocycles. The maximum absolute atomic E-state index is 11.3. The summed E-state index contributed by atoms with van der Waals surface area (Å²) >= 11 is 0. The molecule has 0 rings (SSSR count). The number of hydrogen-bond acceptors (Lipinski definition) is 2. The lowest BCUT2D eigenvalue weighted by molar-refractivity contribution is -0.123. The summed E-state index contributed by atoms with van der Waals surface area (Å²) in [5.41, 5.74) is 0. The van der Waals surface area contributed by atoms with E-state index in [0.717, 1.165) is 13.1 Å². The zero-order chi connectivity index (χ0) is 9.72. The van der Waals surface area contributed by atoms with E-state index in [1.807, 2.05) is 0 Å². The summed E-state index contributed by atoms with van der Waals surface area (Å²) in [6.07, 6.45) is 0. The third kappa shape index (κ3) is 2.94. The first kappa shape index (κ1) is 11.6. The van der Waals surface area contributed by atoms with Gasteiger partial charge in [-0.05, 0) is 25.9 Å². The Balaban J connectivity index is 4.36. The largest absolute Gasteiger partial charge is 0.298 e. The average molecular weight is 171 g/mol. The lowest BCUT2D eigenvalue weighted by atomic mass is 9.99. The van der Waals surface area contributed by atoms with E-state index in [1.165, 1.54) is 0 Å². The lowest BCUT2D eigenvalue weighted by Gasteiger charge is -2.30. The molecule has 0 N–H and O–H groups in total. The highest BCUT2D eigenvalue weighted by Gasteiger charge is 2.23. The van der Waals surface area contributed by atoms with Crippen molar-refractivity contribution in [1.29, 1.82) is 0 Å². The number of nitrogens with zero attached hydrogens (tertiary/aromatic N) is 1. The summed E-state index contributed by atoms with van der Waals surface area (Å²) in [6.45, 7) is 12.0. The molecule has 2 nitrogen and oxygen atoms in total. The van der Waals surface area contributed by atoms with E-state index in [-0.39, 0.29) is 11.8 Å². The van der Waals surface area contributed by atoms with Crippen LogP contribution in [0.25, 0.3) is 0 Å². The molecular formula is C10H21NO. The molecule has 2 heteroatoms. The predicted molar refractivity (Wildman–Crippen MR) is 52.2 cm³/mol. The zero-order valence-corrected chi connectivity index (χ0v) is 8.92. The molecule has 0 amide bonds. The Bertz CT molecular complexity index is 139. The van der Waals surface area contributed by atoms with Gasteiger partial charge in [0.1, 0.15) is 5.78 Å². The highest BCUT2D eigenvalue weighted by Crippen LogP contribution is 2.11. The molecule has 1 unspecified atom stereocenters. The average Bonchev–Trinajstić information content (AvgIpc) is 1.98. The zero-order valence-electron chi connectivity index (χ0n) is 8.92. The van der Waals surface area contributed by atoms with Crippen molar-refractivity contribution >= 4 is 5.78 Å². The fraction of sp³-hybridized carbons (Fsp3) is 0.900. The Labute approximate surface area is 75.9 Å². The second-order valence-corrected chi connectivity index (χ2v) is 3.52. The monoisotopic (exact) mass is 171 g/mol. The second kappa shape index (κ2) is 5.31. The van der Waals surface area contributed by atoms with Crippen LogP contribution in [0.4, 0.5) is 0 Å². The third-order valence-electron chi connectivity index (χ3n) is 2.25. The molecule has 0 spiro atoms. The first-order chi connectivity index (χ1) is 5.54. The van der Waals surface area contributed by atoms with Crippen LogP contribution >= 0.6 is 0 Å². The Kier molecular flexibility index (Phi) is 5.14. The predicted octanol–water partition coefficient (Wildman–Crippen LogP) is 1.94. The number of rotatable bonds is 5. The molecule has 0 aliphatic heterocycles. The van der Waals surface area contributed by atoms with E-state index in [4.69, 9.17) is 0 Å². The van der Waals surface area contributed by atoms with Crippen molar-refractivity contribution in [2.24, 2.45) is 5.92 Å². The van der Waals surface area contributed by atoms with E-state index in [0.29, 0.717) is 5.92 Å². The molecule has 12 heavy (non-hydrogen) atoms. The normalized spacial score (nSPS) is 13.9. The minimum Gasteiger partial charge on any atom is -0.298 e. The van der Waals surface area contributed by atoms with Gasteiger partial charge in [-0.3, -0.25) is 9.69 Å². The Morgan fingerprint density at radius 2 is 1.67 bits per heavy atom. The fourth-order valence-electron chi connectivity index (χ4n) is 1.77. The molecule has 0 bridgehead atoms. The number of carbonyl (C=O) groups is 1. The van der Waals surface area contributed by atoms with Gasteiger partial charge >= 0.3 is 0 Å². The van der Waals surface area contributed by atoms with Crippen LogP contribution in [0.15, 0.2) is 0 Å². The smallest absolute Gasteiger partial charge is 0.147 e. The van der Waals surface area contributed by atoms with Crippen LogP contribution in [0.1, 0.15) is 34.6 Å². The van der Waals surface area contributed by atoms with Crippen LogP contribution in [0.2, 0.25) is 0 Å². The highest BCUT2D eigenvalue weighted by atomic mass is 16.1. The summed E-state index contributed by atoms with van der Waals surface area (Å²) in [5.74, 6) is 0.705. The van der Waals surface area contributed by atoms with Gasteiger partial charge in [0, 0.05) is 0 Å². The van der Waals surface area contributed by atoms with E-state index in [2.05, 4.69) is 32.6 Å². The minimum atomic E-state index is 0.111. The van der Waals surface area contributed by atoms with E-state index < -0.39 is 0 Å². The molecule has 0 fully saturated rings. The van der Waals surface area contributed by atoms with Crippen molar-refractivity contribution in [1.82, 2.24) is 4.90 Å². The number of likely N-dealkylation sites (N-methyl/N-ethyl adjacent to an activating group) is 1. The van der Waals surface area contributed by atoms with Crippen LogP contribution in [-0.4, -0.2) is 29.8 Å². The minimum absolute atomic E-state index is 0.111. The Morgan fingerprint density at radius 3 is 1.75 bits per heavy atom. The first-order valence-corrected chi connectivity index (χ1v) is 4.79. The Morgan fingerprint density at radius 1 is 1.25 bits per heavy atom. The van der Waals surface area contributed by atoms with Crippen LogP contribution in [0.5, 0.6) is 0 Å². The van der Waals surface area contributed by atoms with Gasteiger partial charge in [0.05, 0.1) is 6.04 Å². The summed E-state index contributed by atoms with van der Waals surface area (Å²) < 4.78 is 0. The van der Waals surface area contributed by atoms with E-state index in [9.17, 15) is 4.79 Å². The van der Waals surface area contributed by atoms with Gasteiger partial charge in [-0.2, -0.15) is 0 Å². The van der Waals surface area contributed by atoms with Crippen molar-refractivity contribution in [3.05, 3.63) is 0 Å². The fourth-order valence-corrected chi connectivity index (χ4v) is 1.77. The topological polar surface area (TPSA) is 20.3 Å². The van der Waals surface area contributed by atoms with E-state index >= 15 is 0 Å². The quantitative estimate of drug-likeness (QED) is 0.630. The van der Waals surface area contributed by atoms with Crippen LogP contribution in [-0.2, 0) is 4.79 Å². The van der Waals surface area contributed by atoms with Gasteiger partial charge < -0.3 is 0 Å². The lowest BCUT2D eigenvalue weighted by Crippen LogP contribution is -2.43. The molecule has 0 aromatic carbocycles. The molecular weight excluding hydrogens is 150 g/mol. The number of hydrogen-bond donors (Lipinski definition) is 0. The van der Waals surface area contributed by atoms with Gasteiger partial charge in [0.2, 0.25) is 0 Å². The molecule has 0 saturated heterocycles. The summed E-state index contributed by atoms with van der Waals surface area (Å²) in [5, 5.41) is 0. The molecule has 0 aliphatic carbocycles. The molecule has 72 valence electrons. The number of ketones is 1. The molecule has 0 radical (unpaired) electrons. The maximum Gasteiger partial charge on any atom is 0.147 e. The van der Waals surface area contributed by atoms with Crippen molar-refractivity contribution < 1.29 is 4.79 Å². The van der Waals surface area contributed by atoms with E-state index in [1.54, 1.807) is 6.92 Å². The highest BCUT2D eigenvalue weighted by molar-refractivity contribution is 5.81. The Hall–Kier alpha value is -0.370. The standard InChI is InChI=1S/C10H21NO/c1-6-11(7-2)10(8(3)4)9(5)12/h8,10H,6-7H2,1-5H3. The van der Waals surface area contributed by atoms with Crippen molar-refractivity contribution in [2.75, 3.05) is 13.1 Å². The number of Topliss-reactive ketones (excluding diaryl/α,β-unsaturated/α-hetero) is 1. The third-order valence-corrected chi connectivity index (χ3v) is 2.25. The van der Waals surface area contributed by atoms with Crippen molar-refractivity contribution in [3.63, 3.8) is 0 Å². The molecule has 0 aliphatic rings. The van der Waals surface area contributed by atoms with Gasteiger partial charge in [-0.15, -0.1) is 0 Å².